The predicted molar refractivity (Wildman–Crippen MR) is 101 cm³/mol. The van der Waals surface area contributed by atoms with Gasteiger partial charge in [0.15, 0.2) is 10.9 Å². The molecule has 9 heteroatoms. The number of rotatable bonds is 4. The average molecular weight is 417 g/mol. The van der Waals surface area contributed by atoms with Crippen LogP contribution in [0.15, 0.2) is 54.9 Å². The molecule has 0 saturated heterocycles. The second-order valence-electron chi connectivity index (χ2n) is 6.08. The van der Waals surface area contributed by atoms with Crippen molar-refractivity contribution in [2.45, 2.75) is 6.54 Å². The molecule has 0 fully saturated rings. The molecule has 0 aliphatic rings. The van der Waals surface area contributed by atoms with Crippen LogP contribution in [0.5, 0.6) is 0 Å². The molecule has 4 aromatic rings. The Kier molecular flexibility index (Phi) is 4.98. The van der Waals surface area contributed by atoms with Crippen LogP contribution in [0.1, 0.15) is 15.9 Å². The maximum atomic E-state index is 14.2. The van der Waals surface area contributed by atoms with E-state index in [-0.39, 0.29) is 21.9 Å². The van der Waals surface area contributed by atoms with Gasteiger partial charge in [0.05, 0.1) is 11.2 Å². The molecule has 29 heavy (non-hydrogen) atoms. The van der Waals surface area contributed by atoms with Crippen LogP contribution in [0, 0.1) is 23.3 Å². The van der Waals surface area contributed by atoms with Crippen LogP contribution < -0.4 is 4.90 Å². The molecule has 0 aliphatic heterocycles. The SMILES string of the molecule is O=C(c1c(F)cccc1F)N(Cc1cccnc1)c1nc2c(F)cc(F)cc2s1. The van der Waals surface area contributed by atoms with Gasteiger partial charge in [-0.25, -0.2) is 22.5 Å². The number of carbonyl (C=O) groups excluding carboxylic acids is 1. The molecule has 0 saturated carbocycles. The lowest BCUT2D eigenvalue weighted by Crippen LogP contribution is -2.32. The van der Waals surface area contributed by atoms with Crippen LogP contribution in [-0.4, -0.2) is 15.9 Å². The van der Waals surface area contributed by atoms with E-state index in [2.05, 4.69) is 9.97 Å². The smallest absolute Gasteiger partial charge is 0.266 e. The number of amides is 1. The third-order valence-electron chi connectivity index (χ3n) is 4.12. The number of hydrogen-bond acceptors (Lipinski definition) is 4. The molecule has 1 amide bonds. The van der Waals surface area contributed by atoms with Crippen LogP contribution in [0.25, 0.3) is 10.2 Å². The summed E-state index contributed by atoms with van der Waals surface area (Å²) in [7, 11) is 0. The summed E-state index contributed by atoms with van der Waals surface area (Å²) in [6, 6.07) is 8.12. The summed E-state index contributed by atoms with van der Waals surface area (Å²) in [4.78, 5) is 22.1. The number of nitrogens with zero attached hydrogens (tertiary/aromatic N) is 3. The monoisotopic (exact) mass is 417 g/mol. The van der Waals surface area contributed by atoms with E-state index < -0.39 is 34.7 Å². The summed E-state index contributed by atoms with van der Waals surface area (Å²) >= 11 is 0.836. The molecule has 2 aromatic heterocycles. The number of pyridine rings is 1. The minimum atomic E-state index is -1.04. The second-order valence-corrected chi connectivity index (χ2v) is 7.09. The Morgan fingerprint density at radius 3 is 2.45 bits per heavy atom. The molecule has 0 atom stereocenters. The first-order valence-corrected chi connectivity index (χ1v) is 9.16. The first-order chi connectivity index (χ1) is 13.9. The molecular formula is C20H11F4N3OS. The standard InChI is InChI=1S/C20H11F4N3OS/c21-12-7-15(24)18-16(8-12)29-20(26-18)27(10-11-3-2-6-25-9-11)19(28)17-13(22)4-1-5-14(17)23/h1-9H,10H2. The molecule has 0 aliphatic carbocycles. The Morgan fingerprint density at radius 2 is 1.76 bits per heavy atom. The van der Waals surface area contributed by atoms with Crippen molar-refractivity contribution in [2.24, 2.45) is 0 Å². The van der Waals surface area contributed by atoms with Crippen molar-refractivity contribution in [3.8, 4) is 0 Å². The fraction of sp³-hybridized carbons (Fsp3) is 0.0500. The maximum absolute atomic E-state index is 14.2. The highest BCUT2D eigenvalue weighted by molar-refractivity contribution is 7.22. The molecule has 146 valence electrons. The van der Waals surface area contributed by atoms with Crippen molar-refractivity contribution in [3.63, 3.8) is 0 Å². The van der Waals surface area contributed by atoms with Gasteiger partial charge in [-0.1, -0.05) is 23.5 Å². The van der Waals surface area contributed by atoms with E-state index in [4.69, 9.17) is 0 Å². The van der Waals surface area contributed by atoms with Crippen LogP contribution in [0.2, 0.25) is 0 Å². The zero-order valence-electron chi connectivity index (χ0n) is 14.6. The lowest BCUT2D eigenvalue weighted by Gasteiger charge is -2.20. The summed E-state index contributed by atoms with van der Waals surface area (Å²) in [5.74, 6) is -4.76. The quantitative estimate of drug-likeness (QED) is 0.435. The number of thiazole rings is 1. The highest BCUT2D eigenvalue weighted by atomic mass is 32.1. The number of carbonyl (C=O) groups is 1. The molecule has 0 radical (unpaired) electrons. The molecule has 0 N–H and O–H groups in total. The molecule has 2 aromatic carbocycles. The van der Waals surface area contributed by atoms with Crippen molar-refractivity contribution < 1.29 is 22.4 Å². The molecule has 0 bridgehead atoms. The van der Waals surface area contributed by atoms with Gasteiger partial charge < -0.3 is 0 Å². The topological polar surface area (TPSA) is 46.1 Å². The normalized spacial score (nSPS) is 11.0. The summed E-state index contributed by atoms with van der Waals surface area (Å²) in [5.41, 5.74) is -0.338. The Balaban J connectivity index is 1.85. The van der Waals surface area contributed by atoms with Gasteiger partial charge in [-0.15, -0.1) is 0 Å². The third-order valence-corrected chi connectivity index (χ3v) is 5.14. The zero-order chi connectivity index (χ0) is 20.5. The highest BCUT2D eigenvalue weighted by Gasteiger charge is 2.27. The molecule has 4 nitrogen and oxygen atoms in total. The summed E-state index contributed by atoms with van der Waals surface area (Å²) in [6.45, 7) is -0.121. The first kappa shape index (κ1) is 19.0. The highest BCUT2D eigenvalue weighted by Crippen LogP contribution is 2.33. The largest absolute Gasteiger partial charge is 0.279 e. The van der Waals surface area contributed by atoms with Crippen LogP contribution in [-0.2, 0) is 6.54 Å². The lowest BCUT2D eigenvalue weighted by molar-refractivity contribution is 0.0977. The summed E-state index contributed by atoms with van der Waals surface area (Å²) in [6.07, 6.45) is 3.01. The minimum absolute atomic E-state index is 0.0268. The number of aromatic nitrogens is 2. The molecular weight excluding hydrogens is 406 g/mol. The number of hydrogen-bond donors (Lipinski definition) is 0. The maximum Gasteiger partial charge on any atom is 0.266 e. The van der Waals surface area contributed by atoms with Gasteiger partial charge in [0.25, 0.3) is 5.91 Å². The fourth-order valence-corrected chi connectivity index (χ4v) is 3.80. The van der Waals surface area contributed by atoms with E-state index in [0.29, 0.717) is 11.6 Å². The van der Waals surface area contributed by atoms with Gasteiger partial charge in [0, 0.05) is 18.5 Å². The third kappa shape index (κ3) is 3.68. The zero-order valence-corrected chi connectivity index (χ0v) is 15.4. The van der Waals surface area contributed by atoms with E-state index >= 15 is 0 Å². The van der Waals surface area contributed by atoms with Crippen molar-refractivity contribution >= 4 is 32.6 Å². The molecule has 2 heterocycles. The number of fused-ring (bicyclic) bond motifs is 1. The van der Waals surface area contributed by atoms with Crippen molar-refractivity contribution in [3.05, 3.63) is 89.3 Å². The molecule has 4 rings (SSSR count). The second kappa shape index (κ2) is 7.59. The van der Waals surface area contributed by atoms with Crippen molar-refractivity contribution in [1.29, 1.82) is 0 Å². The Bertz CT molecular complexity index is 1190. The van der Waals surface area contributed by atoms with Gasteiger partial charge in [-0.3, -0.25) is 14.7 Å². The fourth-order valence-electron chi connectivity index (χ4n) is 2.80. The van der Waals surface area contributed by atoms with Gasteiger partial charge >= 0.3 is 0 Å². The van der Waals surface area contributed by atoms with E-state index in [1.165, 1.54) is 12.4 Å². The van der Waals surface area contributed by atoms with Crippen LogP contribution in [0.3, 0.4) is 0 Å². The Hall–Kier alpha value is -3.33. The van der Waals surface area contributed by atoms with E-state index in [1.54, 1.807) is 12.1 Å². The van der Waals surface area contributed by atoms with Gasteiger partial charge in [0.2, 0.25) is 0 Å². The Labute approximate surface area is 166 Å². The van der Waals surface area contributed by atoms with Crippen LogP contribution in [0.4, 0.5) is 22.7 Å². The lowest BCUT2D eigenvalue weighted by atomic mass is 10.1. The van der Waals surface area contributed by atoms with Crippen molar-refractivity contribution in [1.82, 2.24) is 9.97 Å². The Morgan fingerprint density at radius 1 is 1.00 bits per heavy atom. The first-order valence-electron chi connectivity index (χ1n) is 8.34. The summed E-state index contributed by atoms with van der Waals surface area (Å²) in [5, 5.41) is -0.0268. The number of benzene rings is 2. The van der Waals surface area contributed by atoms with E-state index in [9.17, 15) is 22.4 Å². The van der Waals surface area contributed by atoms with Crippen LogP contribution >= 0.6 is 11.3 Å². The van der Waals surface area contributed by atoms with E-state index in [0.717, 1.165) is 40.5 Å². The molecule has 0 unspecified atom stereocenters. The van der Waals surface area contributed by atoms with Crippen molar-refractivity contribution in [2.75, 3.05) is 4.90 Å². The minimum Gasteiger partial charge on any atom is -0.279 e. The predicted octanol–water partition coefficient (Wildman–Crippen LogP) is 5.09. The average Bonchev–Trinajstić information content (AvgIpc) is 3.10. The molecule has 0 spiro atoms. The number of halogens is 4. The van der Waals surface area contributed by atoms with E-state index in [1.807, 2.05) is 0 Å². The summed E-state index contributed by atoms with van der Waals surface area (Å²) < 4.78 is 56.2. The number of anilines is 1. The van der Waals surface area contributed by atoms with Gasteiger partial charge in [0.1, 0.15) is 28.5 Å². The van der Waals surface area contributed by atoms with Gasteiger partial charge in [-0.2, -0.15) is 0 Å². The van der Waals surface area contributed by atoms with Gasteiger partial charge in [-0.05, 0) is 29.8 Å².